The molecule has 0 amide bonds. The first-order chi connectivity index (χ1) is 31.3. The maximum atomic E-state index is 13.0. The normalized spacial score (nSPS) is 55.2. The number of hydrogen-bond acceptors (Lipinski definition) is 18. The Labute approximate surface area is 391 Å². The summed E-state index contributed by atoms with van der Waals surface area (Å²) >= 11 is 0. The summed E-state index contributed by atoms with van der Waals surface area (Å²) in [7, 11) is 0. The van der Waals surface area contributed by atoms with Crippen LogP contribution in [0.3, 0.4) is 0 Å². The number of carbonyl (C=O) groups excluding carboxylic acids is 1. The quantitative estimate of drug-likeness (QED) is 0.0773. The lowest BCUT2D eigenvalue weighted by Gasteiger charge is -2.71. The van der Waals surface area contributed by atoms with Gasteiger partial charge in [-0.25, -0.2) is 4.79 Å². The van der Waals surface area contributed by atoms with Crippen LogP contribution in [0, 0.1) is 50.2 Å². The van der Waals surface area contributed by atoms with Gasteiger partial charge in [-0.15, -0.1) is 0 Å². The zero-order valence-electron chi connectivity index (χ0n) is 39.7. The van der Waals surface area contributed by atoms with Crippen molar-refractivity contribution in [3.63, 3.8) is 0 Å². The molecule has 0 aromatic rings. The van der Waals surface area contributed by atoms with Crippen molar-refractivity contribution in [3.05, 3.63) is 11.6 Å². The van der Waals surface area contributed by atoms with Crippen LogP contribution in [-0.4, -0.2) is 186 Å². The van der Waals surface area contributed by atoms with Crippen LogP contribution in [0.2, 0.25) is 0 Å². The van der Waals surface area contributed by atoms with E-state index >= 15 is 0 Å². The van der Waals surface area contributed by atoms with Crippen molar-refractivity contribution in [2.45, 2.75) is 211 Å². The largest absolute Gasteiger partial charge is 0.479 e. The summed E-state index contributed by atoms with van der Waals surface area (Å²) in [4.78, 5) is 25.5. The Morgan fingerprint density at radius 3 is 1.99 bits per heavy atom. The molecule has 0 unspecified atom stereocenters. The molecule has 3 saturated heterocycles. The van der Waals surface area contributed by atoms with Crippen molar-refractivity contribution in [2.24, 2.45) is 50.2 Å². The van der Waals surface area contributed by atoms with Crippen molar-refractivity contribution in [1.82, 2.24) is 0 Å². The predicted molar refractivity (Wildman–Crippen MR) is 231 cm³/mol. The molecule has 11 N–H and O–H groups in total. The molecule has 0 aromatic carbocycles. The molecule has 25 atom stereocenters. The SMILES string of the molecule is C[C@@H]1O[C@@H](O[C@H]2[C@H](O[C@H]3[C@H](O[C@H]4CC[C@@]5(C)[C@@H](CC[C@]6(C)[C@@H]5CC=C5[C@@H]7CC(C)(C)C[C@H](O)[C@]7(C=O)CC[C@]56C)[C@@]4(C)CO)O[C@H](C(=O)O)[C@@H](O)[C@@H]3O)O[C@H](CO)[C@H](O)[C@@H]2O)[C@H](O)[C@H](O)[C@H]1O. The van der Waals surface area contributed by atoms with E-state index in [4.69, 9.17) is 28.4 Å². The van der Waals surface area contributed by atoms with Crippen molar-refractivity contribution in [2.75, 3.05) is 13.2 Å². The van der Waals surface area contributed by atoms with E-state index in [0.29, 0.717) is 32.1 Å². The second kappa shape index (κ2) is 18.1. The lowest BCUT2D eigenvalue weighted by Crippen LogP contribution is -2.68. The fourth-order valence-electron chi connectivity index (χ4n) is 15.1. The molecule has 7 fully saturated rings. The summed E-state index contributed by atoms with van der Waals surface area (Å²) in [6.07, 6.45) is -18.7. The van der Waals surface area contributed by atoms with Crippen molar-refractivity contribution in [3.8, 4) is 0 Å². The zero-order valence-corrected chi connectivity index (χ0v) is 39.7. The first kappa shape index (κ1) is 51.6. The second-order valence-electron chi connectivity index (χ2n) is 23.3. The molecule has 8 rings (SSSR count). The summed E-state index contributed by atoms with van der Waals surface area (Å²) in [5, 5.41) is 120. The molecule has 5 aliphatic carbocycles. The van der Waals surface area contributed by atoms with E-state index in [2.05, 4.69) is 40.7 Å². The number of fused-ring (bicyclic) bond motifs is 7. The van der Waals surface area contributed by atoms with Gasteiger partial charge >= 0.3 is 5.97 Å². The van der Waals surface area contributed by atoms with Gasteiger partial charge in [-0.2, -0.15) is 0 Å². The van der Waals surface area contributed by atoms with Crippen LogP contribution in [0.25, 0.3) is 0 Å². The lowest BCUT2D eigenvalue weighted by molar-refractivity contribution is -0.396. The van der Waals surface area contributed by atoms with Gasteiger partial charge in [0.25, 0.3) is 0 Å². The molecular formula is C48H76O19. The highest BCUT2D eigenvalue weighted by atomic mass is 16.8. The number of hydrogen-bond donors (Lipinski definition) is 11. The topological polar surface area (TPSA) is 312 Å². The molecule has 19 heteroatoms. The number of aldehydes is 1. The first-order valence-corrected chi connectivity index (χ1v) is 24.3. The van der Waals surface area contributed by atoms with Crippen LogP contribution in [0.5, 0.6) is 0 Å². The third-order valence-corrected chi connectivity index (χ3v) is 19.3. The molecule has 3 aliphatic heterocycles. The van der Waals surface area contributed by atoms with E-state index in [0.717, 1.165) is 32.0 Å². The van der Waals surface area contributed by atoms with E-state index in [1.54, 1.807) is 0 Å². The van der Waals surface area contributed by atoms with Crippen LogP contribution in [0.15, 0.2) is 11.6 Å². The molecule has 0 bridgehead atoms. The lowest BCUT2D eigenvalue weighted by atomic mass is 9.33. The molecule has 0 aromatic heterocycles. The van der Waals surface area contributed by atoms with Gasteiger partial charge in [-0.1, -0.05) is 53.2 Å². The molecule has 0 spiro atoms. The molecular weight excluding hydrogens is 881 g/mol. The molecule has 0 radical (unpaired) electrons. The number of rotatable bonds is 10. The van der Waals surface area contributed by atoms with Gasteiger partial charge in [-0.3, -0.25) is 0 Å². The predicted octanol–water partition coefficient (Wildman–Crippen LogP) is -0.116. The average molecular weight is 957 g/mol. The third kappa shape index (κ3) is 7.92. The van der Waals surface area contributed by atoms with Crippen LogP contribution < -0.4 is 0 Å². The van der Waals surface area contributed by atoms with Crippen LogP contribution >= 0.6 is 0 Å². The number of carboxylic acids is 1. The van der Waals surface area contributed by atoms with E-state index in [9.17, 15) is 65.8 Å². The molecule has 3 heterocycles. The smallest absolute Gasteiger partial charge is 0.335 e. The number of aliphatic hydroxyl groups excluding tert-OH is 10. The first-order valence-electron chi connectivity index (χ1n) is 24.3. The van der Waals surface area contributed by atoms with Crippen molar-refractivity contribution >= 4 is 12.3 Å². The minimum absolute atomic E-state index is 0.0756. The number of ether oxygens (including phenoxy) is 6. The van der Waals surface area contributed by atoms with Gasteiger partial charge < -0.3 is 89.4 Å². The Bertz CT molecular complexity index is 1870. The Kier molecular flexibility index (Phi) is 13.9. The van der Waals surface area contributed by atoms with Crippen molar-refractivity contribution < 1.29 is 94.2 Å². The maximum Gasteiger partial charge on any atom is 0.335 e. The highest BCUT2D eigenvalue weighted by Gasteiger charge is 2.70. The monoisotopic (exact) mass is 956 g/mol. The van der Waals surface area contributed by atoms with E-state index < -0.39 is 128 Å². The Hall–Kier alpha value is -1.76. The Morgan fingerprint density at radius 2 is 1.36 bits per heavy atom. The van der Waals surface area contributed by atoms with Gasteiger partial charge in [-0.05, 0) is 104 Å². The summed E-state index contributed by atoms with van der Waals surface area (Å²) in [5.74, 6) is -1.67. The molecule has 67 heavy (non-hydrogen) atoms. The molecule has 19 nitrogen and oxygen atoms in total. The number of aliphatic hydroxyl groups is 10. The van der Waals surface area contributed by atoms with Gasteiger partial charge in [0.1, 0.15) is 67.3 Å². The van der Waals surface area contributed by atoms with Crippen molar-refractivity contribution in [1.29, 1.82) is 0 Å². The van der Waals surface area contributed by atoms with Crippen LogP contribution in [0.1, 0.15) is 106 Å². The van der Waals surface area contributed by atoms with E-state index in [1.165, 1.54) is 12.5 Å². The minimum atomic E-state index is -2.09. The molecule has 8 aliphatic rings. The molecule has 382 valence electrons. The number of carboxylic acid groups (broad SMARTS) is 1. The Morgan fingerprint density at radius 1 is 0.716 bits per heavy atom. The summed E-state index contributed by atoms with van der Waals surface area (Å²) < 4.78 is 36.1. The summed E-state index contributed by atoms with van der Waals surface area (Å²) in [5.41, 5.74) is -1.46. The highest BCUT2D eigenvalue weighted by Crippen LogP contribution is 2.75. The standard InChI is InChI=1S/C48H76O19/c1-21-29(53)31(55)35(59)40(62-21)66-37-32(56)30(54)24(18-49)63-41(37)67-38-34(58)33(57)36(39(60)61)65-42(38)64-28-11-12-44(4)25(45(28,5)19-50)10-13-47(7)26(44)9-8-22-23-16-43(2,3)17-27(52)48(23,20-51)15-14-46(22,47)6/h8,20-21,23-38,40-42,49-50,52-59H,9-19H2,1-7H3,(H,60,61)/t21-,23-,24+,25+,26+,27-,28-,29-,30-,31+,32-,33-,34-,35+,36-,37+,38+,40-,41-,42+,44-,45+,46+,47+,48-/m0/s1. The third-order valence-electron chi connectivity index (χ3n) is 19.3. The minimum Gasteiger partial charge on any atom is -0.479 e. The summed E-state index contributed by atoms with van der Waals surface area (Å²) in [6.45, 7) is 13.5. The fraction of sp³-hybridized carbons (Fsp3) is 0.917. The number of carbonyl (C=O) groups is 2. The number of allylic oxidation sites excluding steroid dienone is 2. The zero-order chi connectivity index (χ0) is 49.1. The summed E-state index contributed by atoms with van der Waals surface area (Å²) in [6, 6.07) is 0. The van der Waals surface area contributed by atoms with Crippen LogP contribution in [-0.2, 0) is 38.0 Å². The van der Waals surface area contributed by atoms with Gasteiger partial charge in [0.05, 0.1) is 36.9 Å². The van der Waals surface area contributed by atoms with Crippen LogP contribution in [0.4, 0.5) is 0 Å². The Balaban J connectivity index is 1.08. The molecule has 4 saturated carbocycles. The van der Waals surface area contributed by atoms with Gasteiger partial charge in [0.15, 0.2) is 25.0 Å². The average Bonchev–Trinajstić information content (AvgIpc) is 3.27. The fourth-order valence-corrected chi connectivity index (χ4v) is 15.1. The van der Waals surface area contributed by atoms with E-state index in [1.807, 2.05) is 6.92 Å². The van der Waals surface area contributed by atoms with E-state index in [-0.39, 0.29) is 46.0 Å². The second-order valence-corrected chi connectivity index (χ2v) is 23.3. The van der Waals surface area contributed by atoms with Gasteiger partial charge in [0.2, 0.25) is 0 Å². The van der Waals surface area contributed by atoms with Gasteiger partial charge in [0, 0.05) is 5.41 Å². The highest BCUT2D eigenvalue weighted by molar-refractivity contribution is 5.73. The number of aliphatic carboxylic acids is 1. The maximum absolute atomic E-state index is 13.0.